The molecule has 0 amide bonds. The smallest absolute Gasteiger partial charge is 0.142 e. The highest BCUT2D eigenvalue weighted by Crippen LogP contribution is 2.20. The van der Waals surface area contributed by atoms with Crippen LogP contribution in [0.3, 0.4) is 0 Å². The fourth-order valence-corrected chi connectivity index (χ4v) is 2.41. The summed E-state index contributed by atoms with van der Waals surface area (Å²) in [5, 5.41) is 2.28. The Balaban J connectivity index is 0.000000150. The summed E-state index contributed by atoms with van der Waals surface area (Å²) in [6.07, 6.45) is 7.64. The summed E-state index contributed by atoms with van der Waals surface area (Å²) in [6, 6.07) is 21.8. The SMILES string of the molecule is O=CC=Cc1ccccc1.c1cnc2c(c1)ccc1ncccc12. The normalized spacial score (nSPS) is 10.5. The third kappa shape index (κ3) is 3.70. The van der Waals surface area contributed by atoms with E-state index in [0.717, 1.165) is 33.7 Å². The molecular formula is C21H16N2O. The van der Waals surface area contributed by atoms with Gasteiger partial charge in [-0.25, -0.2) is 0 Å². The Morgan fingerprint density at radius 3 is 2.38 bits per heavy atom. The number of aromatic nitrogens is 2. The molecular weight excluding hydrogens is 296 g/mol. The second-order valence-corrected chi connectivity index (χ2v) is 5.12. The molecule has 116 valence electrons. The van der Waals surface area contributed by atoms with Crippen LogP contribution < -0.4 is 0 Å². The van der Waals surface area contributed by atoms with Gasteiger partial charge in [0.1, 0.15) is 6.29 Å². The van der Waals surface area contributed by atoms with Gasteiger partial charge >= 0.3 is 0 Å². The summed E-state index contributed by atoms with van der Waals surface area (Å²) in [5.74, 6) is 0. The fraction of sp³-hybridized carbons (Fsp3) is 0. The molecule has 0 atom stereocenters. The highest BCUT2D eigenvalue weighted by atomic mass is 16.1. The highest BCUT2D eigenvalue weighted by Gasteiger charge is 1.99. The van der Waals surface area contributed by atoms with Crippen LogP contribution in [0.1, 0.15) is 5.56 Å². The van der Waals surface area contributed by atoms with Gasteiger partial charge in [0.2, 0.25) is 0 Å². The van der Waals surface area contributed by atoms with Crippen molar-refractivity contribution in [2.24, 2.45) is 0 Å². The van der Waals surface area contributed by atoms with Crippen LogP contribution in [0.25, 0.3) is 27.9 Å². The maximum absolute atomic E-state index is 9.89. The maximum atomic E-state index is 9.89. The van der Waals surface area contributed by atoms with Crippen molar-refractivity contribution in [2.75, 3.05) is 0 Å². The number of pyridine rings is 2. The van der Waals surface area contributed by atoms with Gasteiger partial charge in [-0.15, -0.1) is 0 Å². The maximum Gasteiger partial charge on any atom is 0.142 e. The van der Waals surface area contributed by atoms with Gasteiger partial charge in [0.15, 0.2) is 0 Å². The molecule has 0 aliphatic rings. The lowest BCUT2D eigenvalue weighted by Gasteiger charge is -2.00. The van der Waals surface area contributed by atoms with Crippen molar-refractivity contribution in [1.82, 2.24) is 9.97 Å². The number of fused-ring (bicyclic) bond motifs is 3. The van der Waals surface area contributed by atoms with Gasteiger partial charge in [0.25, 0.3) is 0 Å². The van der Waals surface area contributed by atoms with E-state index in [2.05, 4.69) is 28.2 Å². The molecule has 2 aromatic carbocycles. The summed E-state index contributed by atoms with van der Waals surface area (Å²) in [4.78, 5) is 18.6. The van der Waals surface area contributed by atoms with E-state index in [1.165, 1.54) is 6.08 Å². The molecule has 2 aromatic heterocycles. The molecule has 4 rings (SSSR count). The Morgan fingerprint density at radius 1 is 0.750 bits per heavy atom. The second-order valence-electron chi connectivity index (χ2n) is 5.12. The molecule has 0 bridgehead atoms. The molecule has 0 aliphatic heterocycles. The number of hydrogen-bond acceptors (Lipinski definition) is 3. The van der Waals surface area contributed by atoms with Crippen LogP contribution in [-0.4, -0.2) is 16.3 Å². The summed E-state index contributed by atoms with van der Waals surface area (Å²) >= 11 is 0. The second kappa shape index (κ2) is 7.79. The average molecular weight is 312 g/mol. The summed E-state index contributed by atoms with van der Waals surface area (Å²) in [5.41, 5.74) is 3.08. The van der Waals surface area contributed by atoms with Crippen molar-refractivity contribution in [3.05, 3.63) is 90.8 Å². The number of carbonyl (C=O) groups excluding carboxylic acids is 1. The van der Waals surface area contributed by atoms with Crippen LogP contribution in [0.4, 0.5) is 0 Å². The van der Waals surface area contributed by atoms with Crippen molar-refractivity contribution in [1.29, 1.82) is 0 Å². The van der Waals surface area contributed by atoms with Crippen molar-refractivity contribution < 1.29 is 4.79 Å². The van der Waals surface area contributed by atoms with Crippen molar-refractivity contribution in [2.45, 2.75) is 0 Å². The number of benzene rings is 2. The number of allylic oxidation sites excluding steroid dienone is 1. The van der Waals surface area contributed by atoms with Gasteiger partial charge in [-0.3, -0.25) is 14.8 Å². The van der Waals surface area contributed by atoms with Gasteiger partial charge in [-0.2, -0.15) is 0 Å². The third-order valence-electron chi connectivity index (χ3n) is 3.52. The van der Waals surface area contributed by atoms with E-state index in [4.69, 9.17) is 0 Å². The zero-order valence-electron chi connectivity index (χ0n) is 13.0. The van der Waals surface area contributed by atoms with Crippen LogP contribution in [0.2, 0.25) is 0 Å². The lowest BCUT2D eigenvalue weighted by Crippen LogP contribution is -1.82. The molecule has 0 unspecified atom stereocenters. The van der Waals surface area contributed by atoms with Crippen LogP contribution in [0.15, 0.2) is 85.2 Å². The van der Waals surface area contributed by atoms with Crippen LogP contribution >= 0.6 is 0 Å². The molecule has 4 aromatic rings. The Bertz CT molecular complexity index is 924. The minimum atomic E-state index is 0.771. The molecule has 3 nitrogen and oxygen atoms in total. The third-order valence-corrected chi connectivity index (χ3v) is 3.52. The van der Waals surface area contributed by atoms with E-state index in [1.807, 2.05) is 54.7 Å². The van der Waals surface area contributed by atoms with Crippen molar-refractivity contribution >= 4 is 34.2 Å². The van der Waals surface area contributed by atoms with E-state index < -0.39 is 0 Å². The molecule has 3 heteroatoms. The minimum Gasteiger partial charge on any atom is -0.299 e. The van der Waals surface area contributed by atoms with Gasteiger partial charge in [-0.05, 0) is 35.9 Å². The topological polar surface area (TPSA) is 42.9 Å². The lowest BCUT2D eigenvalue weighted by molar-refractivity contribution is -0.104. The molecule has 0 N–H and O–H groups in total. The fourth-order valence-electron chi connectivity index (χ4n) is 2.41. The highest BCUT2D eigenvalue weighted by molar-refractivity contribution is 6.03. The minimum absolute atomic E-state index is 0.771. The zero-order chi connectivity index (χ0) is 16.6. The predicted octanol–water partition coefficient (Wildman–Crippen LogP) is 4.68. The number of carbonyl (C=O) groups is 1. The predicted molar refractivity (Wildman–Crippen MR) is 98.6 cm³/mol. The van der Waals surface area contributed by atoms with E-state index >= 15 is 0 Å². The monoisotopic (exact) mass is 312 g/mol. The van der Waals surface area contributed by atoms with E-state index in [1.54, 1.807) is 12.3 Å². The Hall–Kier alpha value is -3.33. The van der Waals surface area contributed by atoms with E-state index in [-0.39, 0.29) is 0 Å². The van der Waals surface area contributed by atoms with Crippen LogP contribution in [-0.2, 0) is 4.79 Å². The first kappa shape index (κ1) is 15.6. The number of aldehydes is 1. The van der Waals surface area contributed by atoms with Gasteiger partial charge in [-0.1, -0.05) is 48.5 Å². The molecule has 0 fully saturated rings. The van der Waals surface area contributed by atoms with Crippen molar-refractivity contribution in [3.63, 3.8) is 0 Å². The summed E-state index contributed by atoms with van der Waals surface area (Å²) in [7, 11) is 0. The van der Waals surface area contributed by atoms with Crippen LogP contribution in [0.5, 0.6) is 0 Å². The first-order valence-electron chi connectivity index (χ1n) is 7.64. The van der Waals surface area contributed by atoms with Crippen LogP contribution in [0, 0.1) is 0 Å². The molecule has 2 heterocycles. The molecule has 0 spiro atoms. The van der Waals surface area contributed by atoms with Gasteiger partial charge in [0, 0.05) is 23.2 Å². The van der Waals surface area contributed by atoms with Gasteiger partial charge < -0.3 is 0 Å². The molecule has 0 aliphatic carbocycles. The zero-order valence-corrected chi connectivity index (χ0v) is 13.0. The molecule has 0 radical (unpaired) electrons. The van der Waals surface area contributed by atoms with Crippen molar-refractivity contribution in [3.8, 4) is 0 Å². The average Bonchev–Trinajstić information content (AvgIpc) is 2.67. The molecule has 0 saturated carbocycles. The number of rotatable bonds is 2. The summed E-state index contributed by atoms with van der Waals surface area (Å²) in [6.45, 7) is 0. The first-order chi connectivity index (χ1) is 11.9. The number of hydrogen-bond donors (Lipinski definition) is 0. The number of nitrogens with zero attached hydrogens (tertiary/aromatic N) is 2. The quantitative estimate of drug-likeness (QED) is 0.306. The van der Waals surface area contributed by atoms with Gasteiger partial charge in [0.05, 0.1) is 11.0 Å². The van der Waals surface area contributed by atoms with E-state index in [9.17, 15) is 4.79 Å². The molecule has 24 heavy (non-hydrogen) atoms. The molecule has 0 saturated heterocycles. The first-order valence-corrected chi connectivity index (χ1v) is 7.64. The Morgan fingerprint density at radius 2 is 1.54 bits per heavy atom. The standard InChI is InChI=1S/C12H8N2.C9H8O/c1-3-9-5-6-11-10(4-2-7-13-11)12(9)14-8-1;10-8-4-7-9-5-2-1-3-6-9/h1-8H;1-8H. The van der Waals surface area contributed by atoms with E-state index in [0.29, 0.717) is 0 Å². The Kier molecular flexibility index (Phi) is 5.05. The largest absolute Gasteiger partial charge is 0.299 e. The summed E-state index contributed by atoms with van der Waals surface area (Å²) < 4.78 is 0. The Labute approximate surface area is 140 Å². The lowest BCUT2D eigenvalue weighted by atomic mass is 10.1.